The van der Waals surface area contributed by atoms with Gasteiger partial charge in [-0.15, -0.1) is 0 Å². The van der Waals surface area contributed by atoms with E-state index < -0.39 is 6.04 Å². The van der Waals surface area contributed by atoms with Crippen LogP contribution in [0.4, 0.5) is 5.82 Å². The van der Waals surface area contributed by atoms with Crippen LogP contribution in [0, 0.1) is 5.92 Å². The smallest absolute Gasteiger partial charge is 0.273 e. The number of amides is 2. The van der Waals surface area contributed by atoms with Crippen LogP contribution in [-0.2, 0) is 16.1 Å². The van der Waals surface area contributed by atoms with Gasteiger partial charge < -0.3 is 19.9 Å². The second kappa shape index (κ2) is 8.47. The van der Waals surface area contributed by atoms with Crippen LogP contribution in [-0.4, -0.2) is 60.6 Å². The third-order valence-electron chi connectivity index (χ3n) is 6.24. The number of aromatic nitrogens is 1. The zero-order valence-corrected chi connectivity index (χ0v) is 16.7. The van der Waals surface area contributed by atoms with Gasteiger partial charge in [-0.2, -0.15) is 0 Å². The maximum absolute atomic E-state index is 12.9. The molecule has 0 spiro atoms. The van der Waals surface area contributed by atoms with Crippen LogP contribution in [0.3, 0.4) is 0 Å². The van der Waals surface area contributed by atoms with Crippen molar-refractivity contribution in [3.8, 4) is 0 Å². The molecule has 1 aromatic rings. The lowest BCUT2D eigenvalue weighted by Gasteiger charge is -2.28. The second-order valence-corrected chi connectivity index (χ2v) is 8.13. The van der Waals surface area contributed by atoms with Gasteiger partial charge in [0.25, 0.3) is 5.91 Å². The summed E-state index contributed by atoms with van der Waals surface area (Å²) in [5.41, 5.74) is 1.38. The van der Waals surface area contributed by atoms with Crippen LogP contribution in [0.25, 0.3) is 0 Å². The normalized spacial score (nSPS) is 21.5. The fourth-order valence-electron chi connectivity index (χ4n) is 4.39. The highest BCUT2D eigenvalue weighted by atomic mass is 16.5. The summed E-state index contributed by atoms with van der Waals surface area (Å²) in [6.45, 7) is 5.89. The third-order valence-corrected chi connectivity index (χ3v) is 6.24. The minimum Gasteiger partial charge on any atom is -0.378 e. The number of carbonyl (C=O) groups is 2. The first-order valence-electron chi connectivity index (χ1n) is 10.5. The van der Waals surface area contributed by atoms with Crippen molar-refractivity contribution in [2.24, 2.45) is 5.92 Å². The Balaban J connectivity index is 1.38. The van der Waals surface area contributed by atoms with E-state index >= 15 is 0 Å². The fourth-order valence-corrected chi connectivity index (χ4v) is 4.39. The zero-order valence-electron chi connectivity index (χ0n) is 16.7. The number of nitrogens with zero attached hydrogens (tertiary/aromatic N) is 3. The molecule has 0 radical (unpaired) electrons. The van der Waals surface area contributed by atoms with E-state index in [1.54, 1.807) is 4.90 Å². The maximum atomic E-state index is 12.9. The zero-order chi connectivity index (χ0) is 19.5. The number of nitrogens with one attached hydrogen (secondary N) is 1. The summed E-state index contributed by atoms with van der Waals surface area (Å²) in [6.07, 6.45) is 6.20. The summed E-state index contributed by atoms with van der Waals surface area (Å²) < 4.78 is 5.39. The number of fused-ring (bicyclic) bond motifs is 1. The standard InChI is InChI=1S/C21H30N4O3/c1-15(20(26)22-13-16-5-3-2-4-6-16)25-14-17-7-8-18(23-19(17)21(25)27)24-9-11-28-12-10-24/h7-8,15-16H,2-6,9-14H2,1H3,(H,22,26)/t15-/m1/s1. The Kier molecular flexibility index (Phi) is 5.80. The summed E-state index contributed by atoms with van der Waals surface area (Å²) in [5, 5.41) is 3.06. The van der Waals surface area contributed by atoms with Gasteiger partial charge >= 0.3 is 0 Å². The van der Waals surface area contributed by atoms with E-state index in [2.05, 4.69) is 15.2 Å². The summed E-state index contributed by atoms with van der Waals surface area (Å²) in [5.74, 6) is 1.17. The van der Waals surface area contributed by atoms with Crippen molar-refractivity contribution in [3.05, 3.63) is 23.4 Å². The van der Waals surface area contributed by atoms with Gasteiger partial charge in [-0.1, -0.05) is 25.3 Å². The highest BCUT2D eigenvalue weighted by molar-refractivity contribution is 5.99. The Morgan fingerprint density at radius 1 is 1.25 bits per heavy atom. The first-order valence-corrected chi connectivity index (χ1v) is 10.5. The molecule has 2 aliphatic heterocycles. The van der Waals surface area contributed by atoms with Gasteiger partial charge in [-0.25, -0.2) is 4.98 Å². The molecule has 7 nitrogen and oxygen atoms in total. The van der Waals surface area contributed by atoms with E-state index in [0.29, 0.717) is 31.4 Å². The molecule has 1 aliphatic carbocycles. The predicted molar refractivity (Wildman–Crippen MR) is 106 cm³/mol. The van der Waals surface area contributed by atoms with Crippen LogP contribution in [0.5, 0.6) is 0 Å². The number of hydrogen-bond acceptors (Lipinski definition) is 5. The number of hydrogen-bond donors (Lipinski definition) is 1. The molecule has 2 amide bonds. The van der Waals surface area contributed by atoms with Gasteiger partial charge in [0.1, 0.15) is 17.6 Å². The Labute approximate surface area is 166 Å². The van der Waals surface area contributed by atoms with Crippen molar-refractivity contribution in [2.75, 3.05) is 37.7 Å². The largest absolute Gasteiger partial charge is 0.378 e. The molecule has 3 heterocycles. The predicted octanol–water partition coefficient (Wildman–Crippen LogP) is 1.96. The number of carbonyl (C=O) groups excluding carboxylic acids is 2. The SMILES string of the molecule is C[C@H](C(=O)NCC1CCCCC1)N1Cc2ccc(N3CCOCC3)nc2C1=O. The molecule has 3 aliphatic rings. The summed E-state index contributed by atoms with van der Waals surface area (Å²) >= 11 is 0. The maximum Gasteiger partial charge on any atom is 0.273 e. The van der Waals surface area contributed by atoms with E-state index in [-0.39, 0.29) is 11.8 Å². The minimum absolute atomic E-state index is 0.0693. The molecule has 7 heteroatoms. The van der Waals surface area contributed by atoms with Crippen molar-refractivity contribution >= 4 is 17.6 Å². The fraction of sp³-hybridized carbons (Fsp3) is 0.667. The summed E-state index contributed by atoms with van der Waals surface area (Å²) in [4.78, 5) is 34.0. The van der Waals surface area contributed by atoms with Crippen molar-refractivity contribution in [3.63, 3.8) is 0 Å². The Morgan fingerprint density at radius 3 is 2.75 bits per heavy atom. The third kappa shape index (κ3) is 3.99. The average molecular weight is 386 g/mol. The Morgan fingerprint density at radius 2 is 2.00 bits per heavy atom. The van der Waals surface area contributed by atoms with Crippen molar-refractivity contribution in [1.82, 2.24) is 15.2 Å². The van der Waals surface area contributed by atoms with Gasteiger partial charge in [0.2, 0.25) is 5.91 Å². The number of pyridine rings is 1. The highest BCUT2D eigenvalue weighted by Crippen LogP contribution is 2.27. The molecule has 1 N–H and O–H groups in total. The number of anilines is 1. The molecular weight excluding hydrogens is 356 g/mol. The van der Waals surface area contributed by atoms with Crippen LogP contribution >= 0.6 is 0 Å². The highest BCUT2D eigenvalue weighted by Gasteiger charge is 2.35. The molecule has 1 saturated heterocycles. The molecule has 0 aromatic carbocycles. The first kappa shape index (κ1) is 19.2. The lowest BCUT2D eigenvalue weighted by molar-refractivity contribution is -0.125. The molecule has 0 bridgehead atoms. The lowest BCUT2D eigenvalue weighted by atomic mass is 9.89. The average Bonchev–Trinajstić information content (AvgIpc) is 3.08. The number of morpholine rings is 1. The molecule has 4 rings (SSSR count). The quantitative estimate of drug-likeness (QED) is 0.837. The van der Waals surface area contributed by atoms with Crippen LogP contribution in [0.15, 0.2) is 12.1 Å². The number of ether oxygens (including phenoxy) is 1. The summed E-state index contributed by atoms with van der Waals surface area (Å²) in [7, 11) is 0. The van der Waals surface area contributed by atoms with Gasteiger partial charge in [0.05, 0.1) is 13.2 Å². The molecule has 1 saturated carbocycles. The van der Waals surface area contributed by atoms with Crippen molar-refractivity contribution in [1.29, 1.82) is 0 Å². The van der Waals surface area contributed by atoms with E-state index in [9.17, 15) is 9.59 Å². The summed E-state index contributed by atoms with van der Waals surface area (Å²) in [6, 6.07) is 3.45. The van der Waals surface area contributed by atoms with Gasteiger partial charge in [0.15, 0.2) is 0 Å². The van der Waals surface area contributed by atoms with Crippen LogP contribution < -0.4 is 10.2 Å². The Hall–Kier alpha value is -2.15. The van der Waals surface area contributed by atoms with E-state index in [1.165, 1.54) is 32.1 Å². The van der Waals surface area contributed by atoms with Crippen molar-refractivity contribution < 1.29 is 14.3 Å². The van der Waals surface area contributed by atoms with Gasteiger partial charge in [-0.05, 0) is 31.7 Å². The van der Waals surface area contributed by atoms with Gasteiger partial charge in [-0.3, -0.25) is 9.59 Å². The lowest BCUT2D eigenvalue weighted by Crippen LogP contribution is -2.46. The van der Waals surface area contributed by atoms with E-state index in [0.717, 1.165) is 31.0 Å². The topological polar surface area (TPSA) is 74.8 Å². The number of rotatable bonds is 5. The monoisotopic (exact) mass is 386 g/mol. The molecule has 152 valence electrons. The molecule has 1 aromatic heterocycles. The Bertz CT molecular complexity index is 726. The van der Waals surface area contributed by atoms with Crippen LogP contribution in [0.1, 0.15) is 55.1 Å². The van der Waals surface area contributed by atoms with Crippen LogP contribution in [0.2, 0.25) is 0 Å². The molecule has 2 fully saturated rings. The van der Waals surface area contributed by atoms with Crippen molar-refractivity contribution in [2.45, 2.75) is 51.6 Å². The minimum atomic E-state index is -0.489. The molecule has 28 heavy (non-hydrogen) atoms. The molecular formula is C21H30N4O3. The first-order chi connectivity index (χ1) is 13.6. The molecule has 0 unspecified atom stereocenters. The molecule has 1 atom stereocenters. The van der Waals surface area contributed by atoms with E-state index in [1.807, 2.05) is 19.1 Å². The second-order valence-electron chi connectivity index (χ2n) is 8.13. The van der Waals surface area contributed by atoms with Gasteiger partial charge in [0, 0.05) is 31.7 Å². The van der Waals surface area contributed by atoms with E-state index in [4.69, 9.17) is 4.74 Å².